The standard InChI is InChI=1S/C36H39F3N4/c1-24-8-4-9-25(2)34(24)27-14-16-29(40-20-27)22-42-18-6-12-32(42)33-13-7-19-43(33)23-30-17-15-28(21-41-30)35-26(3)10-5-11-31(35)36(37,38)39/h4-5,8-11,14-17,20-21,32-33H,6-7,12-13,18-19,22-23H2,1-3H3/t32-,33-/m1/s1. The molecule has 2 atom stereocenters. The number of hydrogen-bond donors (Lipinski definition) is 0. The SMILES string of the molecule is Cc1cccc(C)c1-c1ccc(CN2CCC[C@@H]2[C@H]2CCCN2Cc2ccc(-c3c(C)cccc3C(F)(F)F)cn2)nc1. The molecule has 0 unspecified atom stereocenters. The largest absolute Gasteiger partial charge is 0.417 e. The number of likely N-dealkylation sites (tertiary alicyclic amines) is 2. The fourth-order valence-corrected chi connectivity index (χ4v) is 7.27. The number of pyridine rings is 2. The number of hydrogen-bond acceptors (Lipinski definition) is 4. The molecule has 2 aromatic heterocycles. The molecule has 0 N–H and O–H groups in total. The van der Waals surface area contributed by atoms with E-state index in [9.17, 15) is 13.2 Å². The maximum absolute atomic E-state index is 13.7. The number of alkyl halides is 3. The van der Waals surface area contributed by atoms with Gasteiger partial charge in [-0.05, 0) is 106 Å². The summed E-state index contributed by atoms with van der Waals surface area (Å²) in [6.07, 6.45) is 3.86. The molecular weight excluding hydrogens is 545 g/mol. The molecule has 0 aliphatic carbocycles. The van der Waals surface area contributed by atoms with Crippen molar-refractivity contribution in [3.05, 3.63) is 107 Å². The molecule has 0 amide bonds. The van der Waals surface area contributed by atoms with Gasteiger partial charge in [-0.15, -0.1) is 0 Å². The third kappa shape index (κ3) is 6.24. The normalized spacial score (nSPS) is 19.8. The Morgan fingerprint density at radius 3 is 1.58 bits per heavy atom. The molecule has 6 rings (SSSR count). The average molecular weight is 585 g/mol. The van der Waals surface area contributed by atoms with E-state index < -0.39 is 11.7 Å². The van der Waals surface area contributed by atoms with E-state index in [4.69, 9.17) is 4.98 Å². The molecule has 7 heteroatoms. The highest BCUT2D eigenvalue weighted by atomic mass is 19.4. The van der Waals surface area contributed by atoms with Gasteiger partial charge in [-0.3, -0.25) is 19.8 Å². The van der Waals surface area contributed by atoms with Gasteiger partial charge >= 0.3 is 6.18 Å². The molecule has 2 aliphatic rings. The summed E-state index contributed by atoms with van der Waals surface area (Å²) in [5, 5.41) is 0. The van der Waals surface area contributed by atoms with Crippen LogP contribution in [0.2, 0.25) is 0 Å². The molecule has 2 aliphatic heterocycles. The van der Waals surface area contributed by atoms with Crippen LogP contribution in [0, 0.1) is 20.8 Å². The third-order valence-electron chi connectivity index (χ3n) is 9.29. The van der Waals surface area contributed by atoms with Gasteiger partial charge < -0.3 is 0 Å². The van der Waals surface area contributed by atoms with E-state index in [2.05, 4.69) is 59.0 Å². The van der Waals surface area contributed by atoms with Crippen molar-refractivity contribution in [2.24, 2.45) is 0 Å². The zero-order chi connectivity index (χ0) is 30.1. The third-order valence-corrected chi connectivity index (χ3v) is 9.29. The Hall–Kier alpha value is -3.55. The predicted molar refractivity (Wildman–Crippen MR) is 165 cm³/mol. The van der Waals surface area contributed by atoms with Crippen molar-refractivity contribution in [1.29, 1.82) is 0 Å². The lowest BCUT2D eigenvalue weighted by atomic mass is 9.95. The molecule has 4 nitrogen and oxygen atoms in total. The topological polar surface area (TPSA) is 32.3 Å². The van der Waals surface area contributed by atoms with E-state index in [1.165, 1.54) is 35.6 Å². The van der Waals surface area contributed by atoms with Crippen LogP contribution in [-0.4, -0.2) is 44.9 Å². The minimum absolute atomic E-state index is 0.213. The lowest BCUT2D eigenvalue weighted by molar-refractivity contribution is -0.137. The summed E-state index contributed by atoms with van der Waals surface area (Å²) in [5.41, 5.74) is 7.65. The minimum atomic E-state index is -4.41. The highest BCUT2D eigenvalue weighted by Gasteiger charge is 2.38. The minimum Gasteiger partial charge on any atom is -0.293 e. The van der Waals surface area contributed by atoms with E-state index in [1.54, 1.807) is 25.3 Å². The monoisotopic (exact) mass is 584 g/mol. The summed E-state index contributed by atoms with van der Waals surface area (Å²) >= 11 is 0. The van der Waals surface area contributed by atoms with Crippen LogP contribution in [0.1, 0.15) is 59.3 Å². The maximum Gasteiger partial charge on any atom is 0.417 e. The Morgan fingerprint density at radius 1 is 0.651 bits per heavy atom. The van der Waals surface area contributed by atoms with Crippen LogP contribution in [0.25, 0.3) is 22.3 Å². The van der Waals surface area contributed by atoms with Crippen LogP contribution < -0.4 is 0 Å². The fraction of sp³-hybridized carbons (Fsp3) is 0.389. The lowest BCUT2D eigenvalue weighted by Crippen LogP contribution is -2.45. The Bertz CT molecular complexity index is 1540. The van der Waals surface area contributed by atoms with E-state index in [0.717, 1.165) is 55.5 Å². The van der Waals surface area contributed by atoms with Crippen molar-refractivity contribution in [2.75, 3.05) is 13.1 Å². The number of aryl methyl sites for hydroxylation is 3. The number of rotatable bonds is 7. The second kappa shape index (κ2) is 12.2. The molecule has 2 fully saturated rings. The molecule has 4 aromatic rings. The summed E-state index contributed by atoms with van der Waals surface area (Å²) in [5.74, 6) is 0. The van der Waals surface area contributed by atoms with Gasteiger partial charge in [-0.2, -0.15) is 13.2 Å². The van der Waals surface area contributed by atoms with Gasteiger partial charge in [0.2, 0.25) is 0 Å². The first kappa shape index (κ1) is 29.5. The average Bonchev–Trinajstić information content (AvgIpc) is 3.63. The second-order valence-corrected chi connectivity index (χ2v) is 12.2. The van der Waals surface area contributed by atoms with Crippen molar-refractivity contribution < 1.29 is 13.2 Å². The summed E-state index contributed by atoms with van der Waals surface area (Å²) in [4.78, 5) is 14.6. The summed E-state index contributed by atoms with van der Waals surface area (Å²) in [6, 6.07) is 19.7. The number of aromatic nitrogens is 2. The van der Waals surface area contributed by atoms with E-state index in [0.29, 0.717) is 29.8 Å². The van der Waals surface area contributed by atoms with Crippen molar-refractivity contribution in [3.8, 4) is 22.3 Å². The first-order chi connectivity index (χ1) is 20.7. The van der Waals surface area contributed by atoms with Crippen LogP contribution in [0.3, 0.4) is 0 Å². The summed E-state index contributed by atoms with van der Waals surface area (Å²) in [6.45, 7) is 9.64. The predicted octanol–water partition coefficient (Wildman–Crippen LogP) is 8.38. The second-order valence-electron chi connectivity index (χ2n) is 12.2. The van der Waals surface area contributed by atoms with E-state index >= 15 is 0 Å². The van der Waals surface area contributed by atoms with Gasteiger partial charge in [0.1, 0.15) is 0 Å². The molecule has 0 bridgehead atoms. The van der Waals surface area contributed by atoms with Gasteiger partial charge in [-0.25, -0.2) is 0 Å². The molecule has 224 valence electrons. The summed E-state index contributed by atoms with van der Waals surface area (Å²) in [7, 11) is 0. The molecule has 43 heavy (non-hydrogen) atoms. The Morgan fingerprint density at radius 2 is 1.12 bits per heavy atom. The lowest BCUT2D eigenvalue weighted by Gasteiger charge is -2.35. The number of nitrogens with zero attached hydrogens (tertiary/aromatic N) is 4. The quantitative estimate of drug-likeness (QED) is 0.218. The van der Waals surface area contributed by atoms with Gasteiger partial charge in [0, 0.05) is 48.7 Å². The molecule has 0 radical (unpaired) electrons. The maximum atomic E-state index is 13.7. The van der Waals surface area contributed by atoms with Gasteiger partial charge in [0.05, 0.1) is 17.0 Å². The van der Waals surface area contributed by atoms with Gasteiger partial charge in [0.25, 0.3) is 0 Å². The van der Waals surface area contributed by atoms with Crippen LogP contribution in [0.15, 0.2) is 73.1 Å². The van der Waals surface area contributed by atoms with Crippen molar-refractivity contribution >= 4 is 0 Å². The number of benzene rings is 2. The Labute approximate surface area is 252 Å². The van der Waals surface area contributed by atoms with Crippen LogP contribution in [0.5, 0.6) is 0 Å². The fourth-order valence-electron chi connectivity index (χ4n) is 7.27. The first-order valence-electron chi connectivity index (χ1n) is 15.3. The van der Waals surface area contributed by atoms with Crippen LogP contribution >= 0.6 is 0 Å². The molecule has 0 spiro atoms. The zero-order valence-corrected chi connectivity index (χ0v) is 25.2. The molecule has 0 saturated carbocycles. The Balaban J connectivity index is 1.14. The molecule has 2 aromatic carbocycles. The Kier molecular flexibility index (Phi) is 8.38. The van der Waals surface area contributed by atoms with E-state index in [-0.39, 0.29) is 5.56 Å². The van der Waals surface area contributed by atoms with Crippen LogP contribution in [0.4, 0.5) is 13.2 Å². The first-order valence-corrected chi connectivity index (χ1v) is 15.3. The summed E-state index contributed by atoms with van der Waals surface area (Å²) < 4.78 is 41.1. The molecular formula is C36H39F3N4. The van der Waals surface area contributed by atoms with Crippen molar-refractivity contribution in [3.63, 3.8) is 0 Å². The highest BCUT2D eigenvalue weighted by Crippen LogP contribution is 2.39. The van der Waals surface area contributed by atoms with E-state index in [1.807, 2.05) is 12.3 Å². The van der Waals surface area contributed by atoms with Crippen molar-refractivity contribution in [2.45, 2.75) is 77.8 Å². The van der Waals surface area contributed by atoms with Crippen LogP contribution in [-0.2, 0) is 19.3 Å². The highest BCUT2D eigenvalue weighted by molar-refractivity contribution is 5.71. The zero-order valence-electron chi connectivity index (χ0n) is 25.2. The van der Waals surface area contributed by atoms with Crippen molar-refractivity contribution in [1.82, 2.24) is 19.8 Å². The number of halogens is 3. The molecule has 4 heterocycles. The smallest absolute Gasteiger partial charge is 0.293 e. The molecule has 2 saturated heterocycles. The van der Waals surface area contributed by atoms with Gasteiger partial charge in [0.15, 0.2) is 0 Å². The van der Waals surface area contributed by atoms with Gasteiger partial charge in [-0.1, -0.05) is 42.5 Å².